The molecule has 3 nitrogen and oxygen atoms in total. The molecule has 1 aromatic heterocycles. The number of hydrogen-bond donors (Lipinski definition) is 1. The third-order valence-electron chi connectivity index (χ3n) is 2.28. The van der Waals surface area contributed by atoms with E-state index in [1.165, 1.54) is 0 Å². The van der Waals surface area contributed by atoms with Crippen LogP contribution in [-0.2, 0) is 11.2 Å². The molecule has 0 unspecified atom stereocenters. The van der Waals surface area contributed by atoms with Crippen molar-refractivity contribution in [2.45, 2.75) is 13.3 Å². The maximum absolute atomic E-state index is 10.7. The molecule has 0 aliphatic heterocycles. The van der Waals surface area contributed by atoms with Crippen molar-refractivity contribution >= 4 is 32.9 Å². The number of aryl methyl sites for hydroxylation is 1. The molecule has 0 aliphatic rings. The van der Waals surface area contributed by atoms with Crippen molar-refractivity contribution in [3.8, 4) is 0 Å². The predicted octanol–water partition coefficient (Wildman–Crippen LogP) is 3.13. The molecule has 1 aromatic carbocycles. The average Bonchev–Trinajstić information content (AvgIpc) is 2.41. The molecule has 0 atom stereocenters. The summed E-state index contributed by atoms with van der Waals surface area (Å²) < 4.78 is 6.41. The van der Waals surface area contributed by atoms with Crippen molar-refractivity contribution in [3.63, 3.8) is 0 Å². The molecule has 0 saturated carbocycles. The normalized spacial score (nSPS) is 10.8. The molecule has 0 radical (unpaired) electrons. The Morgan fingerprint density at radius 2 is 2.27 bits per heavy atom. The van der Waals surface area contributed by atoms with Crippen LogP contribution in [0.4, 0.5) is 0 Å². The number of furan rings is 1. The molecule has 4 heteroatoms. The van der Waals surface area contributed by atoms with E-state index in [9.17, 15) is 4.79 Å². The van der Waals surface area contributed by atoms with Crippen LogP contribution in [0.1, 0.15) is 11.3 Å². The number of benzene rings is 1. The van der Waals surface area contributed by atoms with Gasteiger partial charge in [0, 0.05) is 15.4 Å². The van der Waals surface area contributed by atoms with Gasteiger partial charge >= 0.3 is 5.97 Å². The molecule has 15 heavy (non-hydrogen) atoms. The Kier molecular flexibility index (Phi) is 2.52. The Bertz CT molecular complexity index is 528. The number of fused-ring (bicyclic) bond motifs is 1. The summed E-state index contributed by atoms with van der Waals surface area (Å²) in [5, 5.41) is 9.65. The summed E-state index contributed by atoms with van der Waals surface area (Å²) in [4.78, 5) is 10.7. The molecule has 1 heterocycles. The standard InChI is InChI=1S/C11H9BrO3/c1-6-9(5-11(13)14)8-3-2-7(12)4-10(8)15-6/h2-4H,5H2,1H3,(H,13,14). The van der Waals surface area contributed by atoms with Crippen LogP contribution >= 0.6 is 15.9 Å². The zero-order chi connectivity index (χ0) is 11.0. The first-order valence-electron chi connectivity index (χ1n) is 4.47. The van der Waals surface area contributed by atoms with E-state index in [0.29, 0.717) is 5.76 Å². The van der Waals surface area contributed by atoms with Crippen LogP contribution in [0.5, 0.6) is 0 Å². The lowest BCUT2D eigenvalue weighted by atomic mass is 10.1. The Morgan fingerprint density at radius 1 is 1.53 bits per heavy atom. The highest BCUT2D eigenvalue weighted by molar-refractivity contribution is 9.10. The molecule has 0 saturated heterocycles. The lowest BCUT2D eigenvalue weighted by molar-refractivity contribution is -0.136. The van der Waals surface area contributed by atoms with Gasteiger partial charge in [-0.15, -0.1) is 0 Å². The van der Waals surface area contributed by atoms with E-state index in [1.807, 2.05) is 18.2 Å². The Morgan fingerprint density at radius 3 is 2.93 bits per heavy atom. The van der Waals surface area contributed by atoms with Crippen LogP contribution in [0, 0.1) is 6.92 Å². The molecule has 1 N–H and O–H groups in total. The summed E-state index contributed by atoms with van der Waals surface area (Å²) in [6, 6.07) is 5.59. The number of carbonyl (C=O) groups is 1. The van der Waals surface area contributed by atoms with Crippen molar-refractivity contribution < 1.29 is 14.3 Å². The molecule has 0 bridgehead atoms. The first-order valence-corrected chi connectivity index (χ1v) is 5.26. The lowest BCUT2D eigenvalue weighted by Gasteiger charge is -1.94. The van der Waals surface area contributed by atoms with Crippen molar-refractivity contribution in [1.29, 1.82) is 0 Å². The Balaban J connectivity index is 2.63. The molecule has 2 aromatic rings. The number of carboxylic acid groups (broad SMARTS) is 1. The van der Waals surface area contributed by atoms with E-state index < -0.39 is 5.97 Å². The lowest BCUT2D eigenvalue weighted by Crippen LogP contribution is -2.00. The van der Waals surface area contributed by atoms with E-state index in [-0.39, 0.29) is 6.42 Å². The fraction of sp³-hybridized carbons (Fsp3) is 0.182. The van der Waals surface area contributed by atoms with Gasteiger partial charge in [-0.05, 0) is 25.1 Å². The minimum absolute atomic E-state index is 0.000462. The minimum atomic E-state index is -0.844. The summed E-state index contributed by atoms with van der Waals surface area (Å²) in [5.74, 6) is -0.172. The van der Waals surface area contributed by atoms with Gasteiger partial charge in [0.05, 0.1) is 6.42 Å². The van der Waals surface area contributed by atoms with Crippen molar-refractivity contribution in [1.82, 2.24) is 0 Å². The molecule has 0 spiro atoms. The highest BCUT2D eigenvalue weighted by Gasteiger charge is 2.13. The zero-order valence-electron chi connectivity index (χ0n) is 8.08. The van der Waals surface area contributed by atoms with Gasteiger partial charge in [-0.2, -0.15) is 0 Å². The third-order valence-corrected chi connectivity index (χ3v) is 2.78. The summed E-state index contributed by atoms with van der Waals surface area (Å²) in [5.41, 5.74) is 1.48. The van der Waals surface area contributed by atoms with Crippen molar-refractivity contribution in [2.75, 3.05) is 0 Å². The maximum Gasteiger partial charge on any atom is 0.307 e. The Labute approximate surface area is 94.8 Å². The minimum Gasteiger partial charge on any atom is -0.481 e. The van der Waals surface area contributed by atoms with Gasteiger partial charge in [0.15, 0.2) is 0 Å². The van der Waals surface area contributed by atoms with Gasteiger partial charge in [0.1, 0.15) is 11.3 Å². The van der Waals surface area contributed by atoms with Crippen LogP contribution < -0.4 is 0 Å². The first kappa shape index (κ1) is 10.2. The van der Waals surface area contributed by atoms with Gasteiger partial charge in [-0.1, -0.05) is 15.9 Å². The monoisotopic (exact) mass is 268 g/mol. The Hall–Kier alpha value is -1.29. The number of aliphatic carboxylic acids is 1. The van der Waals surface area contributed by atoms with E-state index in [2.05, 4.69) is 15.9 Å². The van der Waals surface area contributed by atoms with Crippen LogP contribution in [-0.4, -0.2) is 11.1 Å². The largest absolute Gasteiger partial charge is 0.481 e. The fourth-order valence-corrected chi connectivity index (χ4v) is 1.96. The van der Waals surface area contributed by atoms with Gasteiger partial charge in [-0.3, -0.25) is 4.79 Å². The topological polar surface area (TPSA) is 50.4 Å². The summed E-state index contributed by atoms with van der Waals surface area (Å²) in [6.07, 6.45) is 0.000462. The average molecular weight is 269 g/mol. The van der Waals surface area contributed by atoms with Crippen LogP contribution in [0.2, 0.25) is 0 Å². The molecular formula is C11H9BrO3. The number of halogens is 1. The van der Waals surface area contributed by atoms with Gasteiger partial charge in [-0.25, -0.2) is 0 Å². The van der Waals surface area contributed by atoms with E-state index in [1.54, 1.807) is 6.92 Å². The summed E-state index contributed by atoms with van der Waals surface area (Å²) in [7, 11) is 0. The third kappa shape index (κ3) is 1.90. The summed E-state index contributed by atoms with van der Waals surface area (Å²) in [6.45, 7) is 1.78. The second-order valence-electron chi connectivity index (χ2n) is 3.35. The van der Waals surface area contributed by atoms with Crippen LogP contribution in [0.25, 0.3) is 11.0 Å². The SMILES string of the molecule is Cc1oc2cc(Br)ccc2c1CC(=O)O. The molecule has 78 valence electrons. The molecule has 2 rings (SSSR count). The van der Waals surface area contributed by atoms with Gasteiger partial charge < -0.3 is 9.52 Å². The fourth-order valence-electron chi connectivity index (χ4n) is 1.62. The van der Waals surface area contributed by atoms with E-state index >= 15 is 0 Å². The number of hydrogen-bond acceptors (Lipinski definition) is 2. The van der Waals surface area contributed by atoms with E-state index in [0.717, 1.165) is 21.0 Å². The highest BCUT2D eigenvalue weighted by atomic mass is 79.9. The quantitative estimate of drug-likeness (QED) is 0.911. The van der Waals surface area contributed by atoms with Gasteiger partial charge in [0.2, 0.25) is 0 Å². The second-order valence-corrected chi connectivity index (χ2v) is 4.26. The first-order chi connectivity index (χ1) is 7.08. The smallest absolute Gasteiger partial charge is 0.307 e. The summed E-state index contributed by atoms with van der Waals surface area (Å²) >= 11 is 3.34. The molecule has 0 amide bonds. The number of carboxylic acids is 1. The molecule has 0 aliphatic carbocycles. The second kappa shape index (κ2) is 3.70. The van der Waals surface area contributed by atoms with Gasteiger partial charge in [0.25, 0.3) is 0 Å². The molecular weight excluding hydrogens is 260 g/mol. The van der Waals surface area contributed by atoms with E-state index in [4.69, 9.17) is 9.52 Å². The maximum atomic E-state index is 10.7. The zero-order valence-corrected chi connectivity index (χ0v) is 9.67. The van der Waals surface area contributed by atoms with Crippen LogP contribution in [0.15, 0.2) is 27.1 Å². The molecule has 0 fully saturated rings. The number of rotatable bonds is 2. The predicted molar refractivity (Wildman–Crippen MR) is 60.0 cm³/mol. The van der Waals surface area contributed by atoms with Crippen molar-refractivity contribution in [2.24, 2.45) is 0 Å². The highest BCUT2D eigenvalue weighted by Crippen LogP contribution is 2.28. The van der Waals surface area contributed by atoms with Crippen molar-refractivity contribution in [3.05, 3.63) is 34.0 Å². The van der Waals surface area contributed by atoms with Crippen LogP contribution in [0.3, 0.4) is 0 Å².